The highest BCUT2D eigenvalue weighted by molar-refractivity contribution is 5.35. The number of hydrogen-bond donors (Lipinski definition) is 1. The number of hydrogen-bond acceptors (Lipinski definition) is 3. The van der Waals surface area contributed by atoms with Gasteiger partial charge in [-0.2, -0.15) is 10.5 Å². The van der Waals surface area contributed by atoms with Crippen LogP contribution in [0.1, 0.15) is 24.0 Å². The molecule has 1 aromatic rings. The highest BCUT2D eigenvalue weighted by atomic mass is 16.3. The van der Waals surface area contributed by atoms with Gasteiger partial charge in [0.2, 0.25) is 0 Å². The summed E-state index contributed by atoms with van der Waals surface area (Å²) in [7, 11) is 0. The fourth-order valence-corrected chi connectivity index (χ4v) is 1.23. The molecule has 3 nitrogen and oxygen atoms in total. The Labute approximate surface area is 82.8 Å². The normalized spacial score (nSPS) is 13.7. The van der Waals surface area contributed by atoms with Gasteiger partial charge in [0.25, 0.3) is 0 Å². The zero-order chi connectivity index (χ0) is 10.6. The molecule has 0 bridgehead atoms. The molecule has 1 aromatic carbocycles. The first-order chi connectivity index (χ1) is 6.69. The third kappa shape index (κ3) is 2.10. The Hall–Kier alpha value is -1.84. The molecule has 70 valence electrons. The van der Waals surface area contributed by atoms with Crippen molar-refractivity contribution in [1.82, 2.24) is 0 Å². The summed E-state index contributed by atoms with van der Waals surface area (Å²) in [4.78, 5) is 0. The summed E-state index contributed by atoms with van der Waals surface area (Å²) in [6.45, 7) is 1.58. The predicted octanol–water partition coefficient (Wildman–Crippen LogP) is 1.55. The molecule has 0 aliphatic carbocycles. The molecule has 1 rings (SSSR count). The lowest BCUT2D eigenvalue weighted by Gasteiger charge is -2.11. The highest BCUT2D eigenvalue weighted by Gasteiger charge is 2.15. The van der Waals surface area contributed by atoms with Gasteiger partial charge in [0, 0.05) is 0 Å². The molecule has 3 heteroatoms. The van der Waals surface area contributed by atoms with Crippen LogP contribution in [0.4, 0.5) is 0 Å². The van der Waals surface area contributed by atoms with Crippen LogP contribution in [0.5, 0.6) is 0 Å². The summed E-state index contributed by atoms with van der Waals surface area (Å²) >= 11 is 0. The van der Waals surface area contributed by atoms with Crippen LogP contribution >= 0.6 is 0 Å². The lowest BCUT2D eigenvalue weighted by Crippen LogP contribution is -2.12. The quantitative estimate of drug-likeness (QED) is 0.761. The molecule has 0 saturated heterocycles. The van der Waals surface area contributed by atoms with Crippen LogP contribution in [0.2, 0.25) is 0 Å². The minimum absolute atomic E-state index is 0.525. The largest absolute Gasteiger partial charge is 0.392 e. The molecule has 1 N–H and O–H groups in total. The van der Waals surface area contributed by atoms with Gasteiger partial charge in [-0.3, -0.25) is 0 Å². The molecular weight excluding hydrogens is 176 g/mol. The summed E-state index contributed by atoms with van der Waals surface area (Å²) < 4.78 is 0. The average Bonchev–Trinajstić information content (AvgIpc) is 2.19. The Kier molecular flexibility index (Phi) is 3.23. The maximum Gasteiger partial charge on any atom is 0.0991 e. The molecule has 0 heterocycles. The monoisotopic (exact) mass is 186 g/mol. The van der Waals surface area contributed by atoms with E-state index in [1.165, 1.54) is 0 Å². The number of aliphatic hydroxyl groups excluding tert-OH is 1. The fraction of sp³-hybridized carbons (Fsp3) is 0.273. The van der Waals surface area contributed by atoms with Crippen molar-refractivity contribution in [2.45, 2.75) is 18.9 Å². The van der Waals surface area contributed by atoms with E-state index in [0.717, 1.165) is 5.56 Å². The van der Waals surface area contributed by atoms with Crippen molar-refractivity contribution >= 4 is 0 Å². The van der Waals surface area contributed by atoms with E-state index < -0.39 is 12.0 Å². The molecule has 14 heavy (non-hydrogen) atoms. The molecule has 0 spiro atoms. The van der Waals surface area contributed by atoms with Gasteiger partial charge < -0.3 is 5.11 Å². The predicted molar refractivity (Wildman–Crippen MR) is 51.2 cm³/mol. The number of rotatable bonds is 2. The van der Waals surface area contributed by atoms with Crippen LogP contribution in [0.15, 0.2) is 24.3 Å². The molecule has 2 unspecified atom stereocenters. The summed E-state index contributed by atoms with van der Waals surface area (Å²) in [5, 5.41) is 26.7. The lowest BCUT2D eigenvalue weighted by atomic mass is 9.95. The van der Waals surface area contributed by atoms with E-state index >= 15 is 0 Å². The van der Waals surface area contributed by atoms with Crippen molar-refractivity contribution in [2.75, 3.05) is 0 Å². The van der Waals surface area contributed by atoms with Gasteiger partial charge in [0.15, 0.2) is 0 Å². The summed E-state index contributed by atoms with van der Waals surface area (Å²) in [6, 6.07) is 10.7. The van der Waals surface area contributed by atoms with Crippen LogP contribution in [0.3, 0.4) is 0 Å². The maximum absolute atomic E-state index is 9.30. The average molecular weight is 186 g/mol. The van der Waals surface area contributed by atoms with Gasteiger partial charge in [-0.15, -0.1) is 0 Å². The Morgan fingerprint density at radius 3 is 2.14 bits per heavy atom. The first kappa shape index (κ1) is 10.2. The van der Waals surface area contributed by atoms with Crippen molar-refractivity contribution in [3.63, 3.8) is 0 Å². The molecular formula is C11H10N2O. The van der Waals surface area contributed by atoms with E-state index in [1.807, 2.05) is 12.1 Å². The molecule has 0 aliphatic heterocycles. The van der Waals surface area contributed by atoms with E-state index in [2.05, 4.69) is 0 Å². The summed E-state index contributed by atoms with van der Waals surface area (Å²) in [5.74, 6) is -0.525. The molecule has 0 aliphatic rings. The Morgan fingerprint density at radius 1 is 1.21 bits per heavy atom. The van der Waals surface area contributed by atoms with Crippen molar-refractivity contribution in [3.8, 4) is 12.1 Å². The SMILES string of the molecule is CC(O)C(C#N)c1ccc(C#N)cc1. The fourth-order valence-electron chi connectivity index (χ4n) is 1.23. The molecule has 0 fully saturated rings. The Bertz CT molecular complexity index is 381. The van der Waals surface area contributed by atoms with E-state index in [9.17, 15) is 5.11 Å². The smallest absolute Gasteiger partial charge is 0.0991 e. The topological polar surface area (TPSA) is 67.8 Å². The van der Waals surface area contributed by atoms with Crippen LogP contribution < -0.4 is 0 Å². The van der Waals surface area contributed by atoms with E-state index in [4.69, 9.17) is 10.5 Å². The Morgan fingerprint density at radius 2 is 1.79 bits per heavy atom. The third-order valence-corrected chi connectivity index (χ3v) is 2.02. The maximum atomic E-state index is 9.30. The van der Waals surface area contributed by atoms with Crippen molar-refractivity contribution in [1.29, 1.82) is 10.5 Å². The zero-order valence-corrected chi connectivity index (χ0v) is 7.81. The third-order valence-electron chi connectivity index (χ3n) is 2.02. The minimum atomic E-state index is -0.701. The van der Waals surface area contributed by atoms with Crippen molar-refractivity contribution in [2.24, 2.45) is 0 Å². The molecule has 0 aromatic heterocycles. The first-order valence-electron chi connectivity index (χ1n) is 4.26. The van der Waals surface area contributed by atoms with Crippen LogP contribution in [0.25, 0.3) is 0 Å². The Balaban J connectivity index is 2.98. The zero-order valence-electron chi connectivity index (χ0n) is 7.81. The molecule has 0 saturated carbocycles. The molecule has 2 atom stereocenters. The number of benzene rings is 1. The number of nitriles is 2. The number of aliphatic hydroxyl groups is 1. The van der Waals surface area contributed by atoms with Crippen LogP contribution in [-0.4, -0.2) is 11.2 Å². The minimum Gasteiger partial charge on any atom is -0.392 e. The van der Waals surface area contributed by atoms with Gasteiger partial charge in [-0.05, 0) is 24.6 Å². The van der Waals surface area contributed by atoms with Gasteiger partial charge in [-0.25, -0.2) is 0 Å². The second-order valence-electron chi connectivity index (χ2n) is 3.08. The van der Waals surface area contributed by atoms with Crippen molar-refractivity contribution < 1.29 is 5.11 Å². The molecule has 0 amide bonds. The van der Waals surface area contributed by atoms with Crippen LogP contribution in [-0.2, 0) is 0 Å². The van der Waals surface area contributed by atoms with Gasteiger partial charge in [-0.1, -0.05) is 12.1 Å². The molecule has 0 radical (unpaired) electrons. The summed E-state index contributed by atoms with van der Waals surface area (Å²) in [6.07, 6.45) is -0.701. The van der Waals surface area contributed by atoms with Gasteiger partial charge in [0.1, 0.15) is 0 Å². The first-order valence-corrected chi connectivity index (χ1v) is 4.26. The lowest BCUT2D eigenvalue weighted by molar-refractivity contribution is 0.181. The van der Waals surface area contributed by atoms with Gasteiger partial charge in [0.05, 0.1) is 29.7 Å². The van der Waals surface area contributed by atoms with E-state index in [1.54, 1.807) is 31.2 Å². The number of nitrogens with zero attached hydrogens (tertiary/aromatic N) is 2. The highest BCUT2D eigenvalue weighted by Crippen LogP contribution is 2.19. The van der Waals surface area contributed by atoms with Crippen molar-refractivity contribution in [3.05, 3.63) is 35.4 Å². The standard InChI is InChI=1S/C11H10N2O/c1-8(14)11(7-13)10-4-2-9(6-12)3-5-10/h2-5,8,11,14H,1H3. The summed E-state index contributed by atoms with van der Waals surface area (Å²) in [5.41, 5.74) is 1.29. The van der Waals surface area contributed by atoms with E-state index in [0.29, 0.717) is 5.56 Å². The second kappa shape index (κ2) is 4.41. The van der Waals surface area contributed by atoms with Crippen LogP contribution in [0, 0.1) is 22.7 Å². The van der Waals surface area contributed by atoms with Gasteiger partial charge >= 0.3 is 0 Å². The second-order valence-corrected chi connectivity index (χ2v) is 3.08. The van der Waals surface area contributed by atoms with E-state index in [-0.39, 0.29) is 0 Å².